The van der Waals surface area contributed by atoms with Crippen LogP contribution in [0.4, 0.5) is 0 Å². The van der Waals surface area contributed by atoms with E-state index in [2.05, 4.69) is 15.5 Å². The van der Waals surface area contributed by atoms with Crippen molar-refractivity contribution in [2.24, 2.45) is 5.16 Å². The Hall–Kier alpha value is -3.68. The molecule has 0 saturated carbocycles. The maximum absolute atomic E-state index is 12.1. The summed E-state index contributed by atoms with van der Waals surface area (Å²) in [6.45, 7) is 0.402. The fraction of sp³-hybridized carbons (Fsp3) is 0.200. The van der Waals surface area contributed by atoms with Crippen LogP contribution in [0.3, 0.4) is 0 Å². The lowest BCUT2D eigenvalue weighted by molar-refractivity contribution is -0.132. The highest BCUT2D eigenvalue weighted by Crippen LogP contribution is 2.21. The lowest BCUT2D eigenvalue weighted by atomic mass is 10.0. The molecule has 0 spiro atoms. The van der Waals surface area contributed by atoms with Gasteiger partial charge in [0.15, 0.2) is 5.71 Å². The van der Waals surface area contributed by atoms with Crippen LogP contribution in [0.25, 0.3) is 11.3 Å². The highest BCUT2D eigenvalue weighted by atomic mass is 16.6. The number of rotatable bonds is 7. The van der Waals surface area contributed by atoms with Gasteiger partial charge in [0, 0.05) is 11.1 Å². The molecule has 0 amide bonds. The average molecular weight is 380 g/mol. The topological polar surface area (TPSA) is 87.8 Å². The Morgan fingerprint density at radius 3 is 2.50 bits per heavy atom. The van der Waals surface area contributed by atoms with E-state index in [1.807, 2.05) is 48.7 Å². The van der Waals surface area contributed by atoms with Crippen molar-refractivity contribution in [3.63, 3.8) is 0 Å². The molecule has 8 nitrogen and oxygen atoms in total. The summed E-state index contributed by atoms with van der Waals surface area (Å²) in [4.78, 5) is 16.9. The molecule has 8 heteroatoms. The largest absolute Gasteiger partial charge is 0.497 e. The number of nitrogens with zero attached hydrogens (tertiary/aromatic N) is 4. The molecule has 0 N–H and O–H groups in total. The summed E-state index contributed by atoms with van der Waals surface area (Å²) in [6, 6.07) is 14.9. The van der Waals surface area contributed by atoms with Crippen molar-refractivity contribution in [1.82, 2.24) is 15.0 Å². The van der Waals surface area contributed by atoms with Crippen LogP contribution >= 0.6 is 0 Å². The van der Waals surface area contributed by atoms with E-state index in [1.165, 1.54) is 14.2 Å². The average Bonchev–Trinajstić information content (AvgIpc) is 3.20. The Labute approximate surface area is 162 Å². The van der Waals surface area contributed by atoms with E-state index in [1.54, 1.807) is 17.9 Å². The van der Waals surface area contributed by atoms with Crippen molar-refractivity contribution in [1.29, 1.82) is 0 Å². The predicted molar refractivity (Wildman–Crippen MR) is 103 cm³/mol. The van der Waals surface area contributed by atoms with Gasteiger partial charge >= 0.3 is 5.97 Å². The number of hydrogen-bond donors (Lipinski definition) is 0. The van der Waals surface area contributed by atoms with Crippen LogP contribution in [0, 0.1) is 0 Å². The number of esters is 1. The number of aromatic nitrogens is 3. The van der Waals surface area contributed by atoms with E-state index in [0.717, 1.165) is 22.6 Å². The quantitative estimate of drug-likeness (QED) is 0.356. The van der Waals surface area contributed by atoms with Gasteiger partial charge in [-0.15, -0.1) is 5.10 Å². The van der Waals surface area contributed by atoms with Crippen LogP contribution in [-0.4, -0.2) is 48.0 Å². The molecular weight excluding hydrogens is 360 g/mol. The summed E-state index contributed by atoms with van der Waals surface area (Å²) < 4.78 is 11.7. The zero-order valence-corrected chi connectivity index (χ0v) is 15.8. The second-order valence-corrected chi connectivity index (χ2v) is 5.80. The number of benzene rings is 2. The fourth-order valence-electron chi connectivity index (χ4n) is 2.72. The molecule has 1 aromatic heterocycles. The van der Waals surface area contributed by atoms with Crippen LogP contribution < -0.4 is 4.74 Å². The first-order valence-corrected chi connectivity index (χ1v) is 8.48. The summed E-state index contributed by atoms with van der Waals surface area (Å²) in [7, 11) is 4.30. The molecule has 0 aliphatic rings. The molecule has 0 fully saturated rings. The monoisotopic (exact) mass is 380 g/mol. The Morgan fingerprint density at radius 1 is 1.07 bits per heavy atom. The van der Waals surface area contributed by atoms with Crippen LogP contribution in [0.1, 0.15) is 11.1 Å². The third kappa shape index (κ3) is 4.17. The van der Waals surface area contributed by atoms with Crippen molar-refractivity contribution in [2.75, 3.05) is 21.3 Å². The van der Waals surface area contributed by atoms with E-state index in [-0.39, 0.29) is 5.71 Å². The number of hydrogen-bond acceptors (Lipinski definition) is 7. The van der Waals surface area contributed by atoms with Gasteiger partial charge in [0.05, 0.1) is 27.0 Å². The molecule has 1 heterocycles. The minimum Gasteiger partial charge on any atom is -0.497 e. The first-order valence-electron chi connectivity index (χ1n) is 8.48. The lowest BCUT2D eigenvalue weighted by Crippen LogP contribution is -2.20. The van der Waals surface area contributed by atoms with Gasteiger partial charge in [-0.25, -0.2) is 9.48 Å². The van der Waals surface area contributed by atoms with E-state index in [4.69, 9.17) is 14.3 Å². The van der Waals surface area contributed by atoms with Crippen LogP contribution in [0.15, 0.2) is 59.9 Å². The highest BCUT2D eigenvalue weighted by molar-refractivity contribution is 6.43. The smallest absolute Gasteiger partial charge is 0.360 e. The molecule has 3 aromatic rings. The molecule has 0 atom stereocenters. The number of carbonyl (C=O) groups is 1. The first kappa shape index (κ1) is 19.1. The van der Waals surface area contributed by atoms with Crippen LogP contribution in [0.2, 0.25) is 0 Å². The minimum atomic E-state index is -0.577. The van der Waals surface area contributed by atoms with Crippen molar-refractivity contribution >= 4 is 11.7 Å². The Morgan fingerprint density at radius 2 is 1.82 bits per heavy atom. The zero-order chi connectivity index (χ0) is 19.9. The maximum atomic E-state index is 12.1. The Balaban J connectivity index is 1.88. The van der Waals surface area contributed by atoms with E-state index in [9.17, 15) is 4.79 Å². The number of oxime groups is 1. The highest BCUT2D eigenvalue weighted by Gasteiger charge is 2.19. The van der Waals surface area contributed by atoms with Crippen LogP contribution in [-0.2, 0) is 20.9 Å². The Kier molecular flexibility index (Phi) is 6.01. The SMILES string of the molecule is CO/N=C(/C(=O)OC)c1ccccc1Cn1cc(-c2ccc(OC)cc2)nn1. The molecule has 0 bridgehead atoms. The Bertz CT molecular complexity index is 980. The summed E-state index contributed by atoms with van der Waals surface area (Å²) in [5.74, 6) is 0.199. The van der Waals surface area contributed by atoms with Crippen molar-refractivity contribution in [3.8, 4) is 17.0 Å². The van der Waals surface area contributed by atoms with Gasteiger partial charge in [-0.2, -0.15) is 0 Å². The van der Waals surface area contributed by atoms with Crippen molar-refractivity contribution in [2.45, 2.75) is 6.54 Å². The standard InChI is InChI=1S/C20H20N4O4/c1-26-16-10-8-14(9-11-16)18-13-24(23-21-18)12-15-6-4-5-7-17(15)19(22-28-3)20(25)27-2/h4-11,13H,12H2,1-3H3/b22-19+. The van der Waals surface area contributed by atoms with E-state index in [0.29, 0.717) is 12.1 Å². The van der Waals surface area contributed by atoms with Gasteiger partial charge in [-0.05, 0) is 29.8 Å². The molecule has 0 aliphatic heterocycles. The summed E-state index contributed by atoms with van der Waals surface area (Å²) in [5, 5.41) is 12.2. The minimum absolute atomic E-state index is 0.0936. The van der Waals surface area contributed by atoms with Crippen molar-refractivity contribution < 1.29 is 19.1 Å². The molecule has 28 heavy (non-hydrogen) atoms. The van der Waals surface area contributed by atoms with Crippen molar-refractivity contribution in [3.05, 3.63) is 65.9 Å². The van der Waals surface area contributed by atoms with Gasteiger partial charge in [-0.3, -0.25) is 0 Å². The number of ether oxygens (including phenoxy) is 2. The molecule has 0 radical (unpaired) electrons. The molecule has 3 rings (SSSR count). The molecule has 0 aliphatic carbocycles. The lowest BCUT2D eigenvalue weighted by Gasteiger charge is -2.10. The third-order valence-electron chi connectivity index (χ3n) is 4.09. The molecule has 2 aromatic carbocycles. The predicted octanol–water partition coefficient (Wildman–Crippen LogP) is 2.53. The second-order valence-electron chi connectivity index (χ2n) is 5.80. The fourth-order valence-corrected chi connectivity index (χ4v) is 2.72. The van der Waals surface area contributed by atoms with Gasteiger partial charge in [-0.1, -0.05) is 34.6 Å². The molecule has 0 unspecified atom stereocenters. The normalized spacial score (nSPS) is 11.2. The van der Waals surface area contributed by atoms with Gasteiger partial charge in [0.25, 0.3) is 0 Å². The maximum Gasteiger partial charge on any atom is 0.360 e. The summed E-state index contributed by atoms with van der Waals surface area (Å²) in [6.07, 6.45) is 1.84. The van der Waals surface area contributed by atoms with E-state index >= 15 is 0 Å². The molecular formula is C20H20N4O4. The third-order valence-corrected chi connectivity index (χ3v) is 4.09. The summed E-state index contributed by atoms with van der Waals surface area (Å²) in [5.41, 5.74) is 3.19. The molecule has 144 valence electrons. The van der Waals surface area contributed by atoms with Gasteiger partial charge < -0.3 is 14.3 Å². The number of carbonyl (C=O) groups excluding carboxylic acids is 1. The summed E-state index contributed by atoms with van der Waals surface area (Å²) >= 11 is 0. The van der Waals surface area contributed by atoms with Gasteiger partial charge in [0.2, 0.25) is 0 Å². The van der Waals surface area contributed by atoms with Gasteiger partial charge in [0.1, 0.15) is 18.6 Å². The first-order chi connectivity index (χ1) is 13.7. The zero-order valence-electron chi connectivity index (χ0n) is 15.8. The molecule has 0 saturated heterocycles. The van der Waals surface area contributed by atoms with Crippen LogP contribution in [0.5, 0.6) is 5.75 Å². The van der Waals surface area contributed by atoms with E-state index < -0.39 is 5.97 Å². The number of methoxy groups -OCH3 is 2. The second kappa shape index (κ2) is 8.81.